The predicted molar refractivity (Wildman–Crippen MR) is 64.3 cm³/mol. The topological polar surface area (TPSA) is 53.1 Å². The van der Waals surface area contributed by atoms with E-state index in [1.165, 1.54) is 13.2 Å². The molecule has 2 rings (SSSR count). The number of hydrogen-bond acceptors (Lipinski definition) is 3. The van der Waals surface area contributed by atoms with Gasteiger partial charge in [-0.1, -0.05) is 0 Å². The summed E-state index contributed by atoms with van der Waals surface area (Å²) in [5, 5.41) is 4.06. The first-order valence-electron chi connectivity index (χ1n) is 5.17. The molecule has 4 nitrogen and oxygen atoms in total. The fourth-order valence-electron chi connectivity index (χ4n) is 1.80. The van der Waals surface area contributed by atoms with Gasteiger partial charge in [0.2, 0.25) is 0 Å². The van der Waals surface area contributed by atoms with Crippen LogP contribution in [-0.4, -0.2) is 16.9 Å². The van der Waals surface area contributed by atoms with E-state index >= 15 is 0 Å². The van der Waals surface area contributed by atoms with Crippen molar-refractivity contribution in [2.45, 2.75) is 6.92 Å². The number of halogens is 1. The van der Waals surface area contributed by atoms with Gasteiger partial charge in [-0.3, -0.25) is 4.68 Å². The van der Waals surface area contributed by atoms with Gasteiger partial charge in [0, 0.05) is 23.7 Å². The van der Waals surface area contributed by atoms with E-state index in [4.69, 9.17) is 10.5 Å². The maximum Gasteiger partial charge on any atom is 0.132 e. The van der Waals surface area contributed by atoms with Crippen molar-refractivity contribution < 1.29 is 9.13 Å². The van der Waals surface area contributed by atoms with Crippen LogP contribution in [-0.2, 0) is 7.05 Å². The fourth-order valence-corrected chi connectivity index (χ4v) is 1.80. The maximum absolute atomic E-state index is 13.4. The van der Waals surface area contributed by atoms with Crippen molar-refractivity contribution in [1.29, 1.82) is 0 Å². The highest BCUT2D eigenvalue weighted by atomic mass is 19.1. The van der Waals surface area contributed by atoms with E-state index in [1.807, 2.05) is 0 Å². The molecule has 0 saturated heterocycles. The Kier molecular flexibility index (Phi) is 2.75. The third kappa shape index (κ3) is 1.73. The quantitative estimate of drug-likeness (QED) is 0.867. The highest BCUT2D eigenvalue weighted by Gasteiger charge is 2.16. The third-order valence-corrected chi connectivity index (χ3v) is 2.82. The number of anilines is 1. The molecule has 1 heterocycles. The minimum Gasteiger partial charge on any atom is -0.496 e. The summed E-state index contributed by atoms with van der Waals surface area (Å²) in [5.74, 6) is 0.715. The smallest absolute Gasteiger partial charge is 0.132 e. The molecule has 1 aromatic heterocycles. The molecule has 0 aliphatic rings. The van der Waals surface area contributed by atoms with Gasteiger partial charge in [-0.15, -0.1) is 0 Å². The van der Waals surface area contributed by atoms with Crippen LogP contribution >= 0.6 is 0 Å². The summed E-state index contributed by atoms with van der Waals surface area (Å²) in [6.45, 7) is 1.67. The number of nitrogens with zero attached hydrogens (tertiary/aromatic N) is 2. The van der Waals surface area contributed by atoms with Crippen molar-refractivity contribution in [3.63, 3.8) is 0 Å². The summed E-state index contributed by atoms with van der Waals surface area (Å²) in [6, 6.07) is 3.05. The van der Waals surface area contributed by atoms with E-state index in [-0.39, 0.29) is 5.82 Å². The molecule has 0 radical (unpaired) electrons. The van der Waals surface area contributed by atoms with E-state index in [9.17, 15) is 4.39 Å². The second-order valence-corrected chi connectivity index (χ2v) is 3.82. The van der Waals surface area contributed by atoms with Gasteiger partial charge in [0.05, 0.1) is 13.3 Å². The molecule has 0 aliphatic carbocycles. The number of methoxy groups -OCH3 is 1. The van der Waals surface area contributed by atoms with Gasteiger partial charge in [0.15, 0.2) is 0 Å². The minimum atomic E-state index is -0.298. The first-order valence-corrected chi connectivity index (χ1v) is 5.17. The van der Waals surface area contributed by atoms with Crippen LogP contribution in [0, 0.1) is 12.7 Å². The normalized spacial score (nSPS) is 10.6. The average Bonchev–Trinajstić information content (AvgIpc) is 2.64. The van der Waals surface area contributed by atoms with Crippen molar-refractivity contribution in [2.24, 2.45) is 7.05 Å². The number of nitrogens with two attached hydrogens (primary N) is 1. The summed E-state index contributed by atoms with van der Waals surface area (Å²) >= 11 is 0. The highest BCUT2D eigenvalue weighted by Crippen LogP contribution is 2.36. The average molecular weight is 235 g/mol. The fraction of sp³-hybridized carbons (Fsp3) is 0.250. The van der Waals surface area contributed by atoms with E-state index in [1.54, 1.807) is 30.9 Å². The number of aryl methyl sites for hydroxylation is 1. The largest absolute Gasteiger partial charge is 0.496 e. The molecular formula is C12H14FN3O. The van der Waals surface area contributed by atoms with Crippen LogP contribution in [0.5, 0.6) is 5.75 Å². The molecule has 5 heteroatoms. The molecule has 2 N–H and O–H groups in total. The zero-order valence-corrected chi connectivity index (χ0v) is 9.99. The zero-order chi connectivity index (χ0) is 12.6. The Bertz CT molecular complexity index is 563. The van der Waals surface area contributed by atoms with Gasteiger partial charge in [0.1, 0.15) is 17.4 Å². The van der Waals surface area contributed by atoms with E-state index in [2.05, 4.69) is 5.10 Å². The Labute approximate surface area is 98.8 Å². The summed E-state index contributed by atoms with van der Waals surface area (Å²) in [5.41, 5.74) is 7.85. The van der Waals surface area contributed by atoms with E-state index < -0.39 is 0 Å². The number of benzene rings is 1. The second-order valence-electron chi connectivity index (χ2n) is 3.82. The molecule has 0 amide bonds. The molecule has 0 bridgehead atoms. The summed E-state index contributed by atoms with van der Waals surface area (Å²) in [7, 11) is 3.26. The SMILES string of the molecule is COc1c(-c2cnn(C)c2N)ccc(F)c1C. The van der Waals surface area contributed by atoms with Crippen LogP contribution in [0.25, 0.3) is 11.1 Å². The third-order valence-electron chi connectivity index (χ3n) is 2.82. The van der Waals surface area contributed by atoms with Crippen molar-refractivity contribution in [1.82, 2.24) is 9.78 Å². The molecule has 90 valence electrons. The van der Waals surface area contributed by atoms with Crippen molar-refractivity contribution in [3.8, 4) is 16.9 Å². The summed E-state index contributed by atoms with van der Waals surface area (Å²) in [6.07, 6.45) is 1.64. The van der Waals surface area contributed by atoms with Gasteiger partial charge in [-0.2, -0.15) is 5.10 Å². The highest BCUT2D eigenvalue weighted by molar-refractivity contribution is 5.79. The number of aromatic nitrogens is 2. The number of nitrogen functional groups attached to an aromatic ring is 1. The van der Waals surface area contributed by atoms with Crippen molar-refractivity contribution in [3.05, 3.63) is 29.7 Å². The standard InChI is InChI=1S/C12H14FN3O/c1-7-10(13)5-4-8(11(7)17-3)9-6-15-16(2)12(9)14/h4-6H,14H2,1-3H3. The van der Waals surface area contributed by atoms with E-state index in [0.29, 0.717) is 17.1 Å². The van der Waals surface area contributed by atoms with Gasteiger partial charge >= 0.3 is 0 Å². The lowest BCUT2D eigenvalue weighted by Crippen LogP contribution is -1.99. The molecule has 1 aromatic carbocycles. The summed E-state index contributed by atoms with van der Waals surface area (Å²) in [4.78, 5) is 0. The molecular weight excluding hydrogens is 221 g/mol. The lowest BCUT2D eigenvalue weighted by molar-refractivity contribution is 0.409. The molecule has 0 fully saturated rings. The Balaban J connectivity index is 2.68. The van der Waals surface area contributed by atoms with Gasteiger partial charge < -0.3 is 10.5 Å². The monoisotopic (exact) mass is 235 g/mol. The molecule has 0 aliphatic heterocycles. The van der Waals surface area contributed by atoms with Crippen LogP contribution in [0.2, 0.25) is 0 Å². The molecule has 0 spiro atoms. The van der Waals surface area contributed by atoms with Gasteiger partial charge in [-0.25, -0.2) is 4.39 Å². The Morgan fingerprint density at radius 1 is 1.35 bits per heavy atom. The van der Waals surface area contributed by atoms with Crippen LogP contribution < -0.4 is 10.5 Å². The first kappa shape index (κ1) is 11.4. The predicted octanol–water partition coefficient (Wildman–Crippen LogP) is 2.13. The maximum atomic E-state index is 13.4. The molecule has 2 aromatic rings. The Morgan fingerprint density at radius 3 is 2.59 bits per heavy atom. The van der Waals surface area contributed by atoms with Crippen LogP contribution in [0.4, 0.5) is 10.2 Å². The molecule has 0 unspecified atom stereocenters. The Hall–Kier alpha value is -2.04. The van der Waals surface area contributed by atoms with Crippen molar-refractivity contribution in [2.75, 3.05) is 12.8 Å². The van der Waals surface area contributed by atoms with Crippen LogP contribution in [0.1, 0.15) is 5.56 Å². The number of hydrogen-bond donors (Lipinski definition) is 1. The minimum absolute atomic E-state index is 0.298. The van der Waals surface area contributed by atoms with E-state index in [0.717, 1.165) is 11.1 Å². The van der Waals surface area contributed by atoms with Gasteiger partial charge in [0.25, 0.3) is 0 Å². The van der Waals surface area contributed by atoms with Crippen LogP contribution in [0.3, 0.4) is 0 Å². The second kappa shape index (κ2) is 4.08. The lowest BCUT2D eigenvalue weighted by atomic mass is 10.0. The van der Waals surface area contributed by atoms with Crippen LogP contribution in [0.15, 0.2) is 18.3 Å². The molecule has 17 heavy (non-hydrogen) atoms. The zero-order valence-electron chi connectivity index (χ0n) is 9.99. The molecule has 0 saturated carbocycles. The van der Waals surface area contributed by atoms with Gasteiger partial charge in [-0.05, 0) is 19.1 Å². The number of rotatable bonds is 2. The summed E-state index contributed by atoms with van der Waals surface area (Å²) < 4.78 is 20.2. The first-order chi connectivity index (χ1) is 8.06. The molecule has 0 atom stereocenters. The Morgan fingerprint density at radius 2 is 2.06 bits per heavy atom. The van der Waals surface area contributed by atoms with Crippen molar-refractivity contribution >= 4 is 5.82 Å². The number of ether oxygens (including phenoxy) is 1. The lowest BCUT2D eigenvalue weighted by Gasteiger charge is -2.11.